The van der Waals surface area contributed by atoms with Gasteiger partial charge in [-0.15, -0.1) is 0 Å². The van der Waals surface area contributed by atoms with E-state index in [1.165, 1.54) is 18.9 Å². The number of nitrogens with one attached hydrogen (secondary N) is 1. The number of rotatable bonds is 3. The van der Waals surface area contributed by atoms with Gasteiger partial charge in [0, 0.05) is 0 Å². The number of ether oxygens (including phenoxy) is 1. The molecule has 1 aliphatic heterocycles. The van der Waals surface area contributed by atoms with E-state index in [-0.39, 0.29) is 11.7 Å². The molecule has 0 aromatic heterocycles. The number of allylic oxidation sites excluding steroid dienone is 1. The Bertz CT molecular complexity index is 540. The summed E-state index contributed by atoms with van der Waals surface area (Å²) in [6.07, 6.45) is 2.34. The molecular weight excluding hydrogens is 270 g/mol. The fourth-order valence-electron chi connectivity index (χ4n) is 1.53. The third-order valence-corrected chi connectivity index (χ3v) is 3.62. The molecule has 1 amide bonds. The molecule has 94 valence electrons. The van der Waals surface area contributed by atoms with Crippen molar-refractivity contribution in [3.8, 4) is 11.5 Å². The molecule has 6 heteroatoms. The Morgan fingerprint density at radius 2 is 2.33 bits per heavy atom. The van der Waals surface area contributed by atoms with Crippen LogP contribution < -0.4 is 10.1 Å². The van der Waals surface area contributed by atoms with E-state index in [4.69, 9.17) is 17.0 Å². The Balaban J connectivity index is 2.11. The molecule has 1 heterocycles. The molecule has 0 spiro atoms. The predicted molar refractivity (Wildman–Crippen MR) is 74.8 cm³/mol. The lowest BCUT2D eigenvalue weighted by Gasteiger charge is -2.04. The summed E-state index contributed by atoms with van der Waals surface area (Å²) in [6, 6.07) is 5.15. The molecule has 0 aliphatic carbocycles. The first-order valence-corrected chi connectivity index (χ1v) is 6.42. The van der Waals surface area contributed by atoms with Crippen molar-refractivity contribution in [3.63, 3.8) is 0 Å². The minimum Gasteiger partial charge on any atom is -0.504 e. The quantitative estimate of drug-likeness (QED) is 0.655. The van der Waals surface area contributed by atoms with Crippen LogP contribution in [-0.4, -0.2) is 22.4 Å². The SMILES string of the molecule is COc1ccc(CC=C2SC(=S)NC2=O)cc1O. The zero-order valence-corrected chi connectivity index (χ0v) is 11.2. The maximum absolute atomic E-state index is 11.4. The Morgan fingerprint density at radius 3 is 2.89 bits per heavy atom. The van der Waals surface area contributed by atoms with Crippen molar-refractivity contribution in [1.82, 2.24) is 5.32 Å². The monoisotopic (exact) mass is 281 g/mol. The molecule has 0 atom stereocenters. The standard InChI is InChI=1S/C12H11NO3S2/c1-16-9-4-2-7(6-8(9)14)3-5-10-11(15)13-12(17)18-10/h2,4-6,14H,3H2,1H3,(H,13,15,17). The molecule has 2 rings (SSSR count). The van der Waals surface area contributed by atoms with Gasteiger partial charge in [0.1, 0.15) is 4.32 Å². The second-order valence-corrected chi connectivity index (χ2v) is 5.34. The average Bonchev–Trinajstić information content (AvgIpc) is 2.65. The number of hydrogen-bond acceptors (Lipinski definition) is 5. The summed E-state index contributed by atoms with van der Waals surface area (Å²) < 4.78 is 5.43. The first-order valence-electron chi connectivity index (χ1n) is 5.19. The van der Waals surface area contributed by atoms with E-state index in [1.807, 2.05) is 6.07 Å². The third-order valence-electron chi connectivity index (χ3n) is 2.41. The first kappa shape index (κ1) is 12.9. The lowest BCUT2D eigenvalue weighted by atomic mass is 10.1. The maximum Gasteiger partial charge on any atom is 0.263 e. The number of carbonyl (C=O) groups is 1. The second-order valence-electron chi connectivity index (χ2n) is 3.62. The predicted octanol–water partition coefficient (Wildman–Crippen LogP) is 1.98. The van der Waals surface area contributed by atoms with Crippen LogP contribution in [0.5, 0.6) is 11.5 Å². The van der Waals surface area contributed by atoms with Crippen LogP contribution in [0.2, 0.25) is 0 Å². The fraction of sp³-hybridized carbons (Fsp3) is 0.167. The van der Waals surface area contributed by atoms with Gasteiger partial charge in [-0.25, -0.2) is 0 Å². The number of aromatic hydroxyl groups is 1. The number of hydrogen-bond donors (Lipinski definition) is 2. The van der Waals surface area contributed by atoms with Crippen molar-refractivity contribution in [1.29, 1.82) is 0 Å². The molecule has 0 radical (unpaired) electrons. The maximum atomic E-state index is 11.4. The number of carbonyl (C=O) groups excluding carboxylic acids is 1. The van der Waals surface area contributed by atoms with Gasteiger partial charge in [-0.2, -0.15) is 0 Å². The van der Waals surface area contributed by atoms with Crippen LogP contribution in [0.25, 0.3) is 0 Å². The number of phenols is 1. The summed E-state index contributed by atoms with van der Waals surface area (Å²) >= 11 is 6.14. The normalized spacial score (nSPS) is 17.1. The summed E-state index contributed by atoms with van der Waals surface area (Å²) in [5.41, 5.74) is 0.895. The lowest BCUT2D eigenvalue weighted by Crippen LogP contribution is -2.17. The Labute approximate surface area is 114 Å². The molecule has 1 saturated heterocycles. The highest BCUT2D eigenvalue weighted by molar-refractivity contribution is 8.26. The number of methoxy groups -OCH3 is 1. The molecule has 1 aromatic carbocycles. The van der Waals surface area contributed by atoms with E-state index in [0.717, 1.165) is 5.56 Å². The summed E-state index contributed by atoms with van der Waals surface area (Å²) in [6.45, 7) is 0. The summed E-state index contributed by atoms with van der Waals surface area (Å²) in [4.78, 5) is 12.0. The minimum absolute atomic E-state index is 0.0902. The Hall–Kier alpha value is -1.53. The van der Waals surface area contributed by atoms with Crippen LogP contribution in [0.15, 0.2) is 29.2 Å². The van der Waals surface area contributed by atoms with Gasteiger partial charge in [0.15, 0.2) is 11.5 Å². The zero-order chi connectivity index (χ0) is 13.1. The molecule has 1 aromatic rings. The van der Waals surface area contributed by atoms with Gasteiger partial charge in [0.05, 0.1) is 12.0 Å². The highest BCUT2D eigenvalue weighted by Gasteiger charge is 2.21. The van der Waals surface area contributed by atoms with Crippen LogP contribution in [0.3, 0.4) is 0 Å². The largest absolute Gasteiger partial charge is 0.504 e. The zero-order valence-electron chi connectivity index (χ0n) is 9.60. The molecule has 2 N–H and O–H groups in total. The fourth-order valence-corrected chi connectivity index (χ4v) is 2.55. The minimum atomic E-state index is -0.164. The van der Waals surface area contributed by atoms with Gasteiger partial charge in [-0.1, -0.05) is 36.1 Å². The summed E-state index contributed by atoms with van der Waals surface area (Å²) in [5.74, 6) is 0.357. The van der Waals surface area contributed by atoms with E-state index in [0.29, 0.717) is 21.4 Å². The topological polar surface area (TPSA) is 58.6 Å². The van der Waals surface area contributed by atoms with Crippen LogP contribution in [-0.2, 0) is 11.2 Å². The molecule has 0 unspecified atom stereocenters. The van der Waals surface area contributed by atoms with Gasteiger partial charge in [-0.3, -0.25) is 4.79 Å². The molecule has 1 aliphatic rings. The molecule has 1 fully saturated rings. The van der Waals surface area contributed by atoms with Crippen molar-refractivity contribution in [2.75, 3.05) is 7.11 Å². The van der Waals surface area contributed by atoms with Crippen molar-refractivity contribution in [2.24, 2.45) is 0 Å². The number of amides is 1. The number of thiocarbonyl (C=S) groups is 1. The molecule has 18 heavy (non-hydrogen) atoms. The Kier molecular flexibility index (Phi) is 3.88. The first-order chi connectivity index (χ1) is 8.60. The molecule has 0 bridgehead atoms. The number of phenolic OH excluding ortho intramolecular Hbond substituents is 1. The molecule has 4 nitrogen and oxygen atoms in total. The molecular formula is C12H11NO3S2. The van der Waals surface area contributed by atoms with E-state index in [9.17, 15) is 9.90 Å². The van der Waals surface area contributed by atoms with E-state index < -0.39 is 0 Å². The Morgan fingerprint density at radius 1 is 1.56 bits per heavy atom. The third kappa shape index (κ3) is 2.83. The molecule has 0 saturated carbocycles. The van der Waals surface area contributed by atoms with Gasteiger partial charge in [-0.05, 0) is 24.1 Å². The van der Waals surface area contributed by atoms with Gasteiger partial charge >= 0.3 is 0 Å². The van der Waals surface area contributed by atoms with Crippen molar-refractivity contribution in [2.45, 2.75) is 6.42 Å². The smallest absolute Gasteiger partial charge is 0.263 e. The highest BCUT2D eigenvalue weighted by atomic mass is 32.2. The van der Waals surface area contributed by atoms with Crippen molar-refractivity contribution >= 4 is 34.2 Å². The van der Waals surface area contributed by atoms with Crippen molar-refractivity contribution in [3.05, 3.63) is 34.7 Å². The van der Waals surface area contributed by atoms with Crippen LogP contribution in [0.4, 0.5) is 0 Å². The van der Waals surface area contributed by atoms with Crippen LogP contribution in [0.1, 0.15) is 5.56 Å². The number of benzene rings is 1. The second kappa shape index (κ2) is 5.41. The van der Waals surface area contributed by atoms with Crippen LogP contribution >= 0.6 is 24.0 Å². The van der Waals surface area contributed by atoms with E-state index in [2.05, 4.69) is 5.32 Å². The van der Waals surface area contributed by atoms with E-state index in [1.54, 1.807) is 18.2 Å². The van der Waals surface area contributed by atoms with Gasteiger partial charge in [0.2, 0.25) is 0 Å². The number of thioether (sulfide) groups is 1. The average molecular weight is 281 g/mol. The highest BCUT2D eigenvalue weighted by Crippen LogP contribution is 2.28. The summed E-state index contributed by atoms with van der Waals surface area (Å²) in [5, 5.41) is 12.2. The summed E-state index contributed by atoms with van der Waals surface area (Å²) in [7, 11) is 1.50. The van der Waals surface area contributed by atoms with E-state index >= 15 is 0 Å². The van der Waals surface area contributed by atoms with Gasteiger partial charge < -0.3 is 15.2 Å². The van der Waals surface area contributed by atoms with Crippen LogP contribution in [0, 0.1) is 0 Å². The van der Waals surface area contributed by atoms with Gasteiger partial charge in [0.25, 0.3) is 5.91 Å². The lowest BCUT2D eigenvalue weighted by molar-refractivity contribution is -0.115. The van der Waals surface area contributed by atoms with Crippen molar-refractivity contribution < 1.29 is 14.6 Å².